The number of aromatic nitrogens is 2. The summed E-state index contributed by atoms with van der Waals surface area (Å²) in [6, 6.07) is 12.7. The number of fused-ring (bicyclic) bond motifs is 1. The van der Waals surface area contributed by atoms with Crippen molar-refractivity contribution < 1.29 is 27.5 Å². The molecular formula is C22H19F3N4O3. The van der Waals surface area contributed by atoms with E-state index in [4.69, 9.17) is 4.74 Å². The summed E-state index contributed by atoms with van der Waals surface area (Å²) in [5.74, 6) is -0.921. The molecule has 10 heteroatoms. The van der Waals surface area contributed by atoms with Gasteiger partial charge in [0.15, 0.2) is 0 Å². The number of halogens is 3. The predicted molar refractivity (Wildman–Crippen MR) is 111 cm³/mol. The maximum absolute atomic E-state index is 13.3. The largest absolute Gasteiger partial charge is 0.418 e. The normalized spacial score (nSPS) is 15.8. The summed E-state index contributed by atoms with van der Waals surface area (Å²) in [4.78, 5) is 25.4. The van der Waals surface area contributed by atoms with Crippen molar-refractivity contribution in [2.45, 2.75) is 25.2 Å². The van der Waals surface area contributed by atoms with Gasteiger partial charge in [0.05, 0.1) is 30.0 Å². The third-order valence-corrected chi connectivity index (χ3v) is 5.05. The second kappa shape index (κ2) is 8.46. The standard InChI is InChI=1S/C22H19F3N4O3/c1-32-12-16-19(13-7-3-2-4-8-13)20-27-18(30)11-17(29(20)28-16)21(31)26-15-10-6-5-9-14(15)22(23,24)25/h2-10,17H,11-12H2,1H3,(H,26,31)(H,27,30)/t17-/m0/s1. The average molecular weight is 444 g/mol. The maximum Gasteiger partial charge on any atom is 0.418 e. The van der Waals surface area contributed by atoms with Crippen molar-refractivity contribution >= 4 is 23.3 Å². The molecule has 0 aliphatic carbocycles. The minimum atomic E-state index is -4.64. The fraction of sp³-hybridized carbons (Fsp3) is 0.227. The highest BCUT2D eigenvalue weighted by atomic mass is 19.4. The monoisotopic (exact) mass is 444 g/mol. The summed E-state index contributed by atoms with van der Waals surface area (Å²) in [6.45, 7) is 0.116. The van der Waals surface area contributed by atoms with E-state index in [1.165, 1.54) is 30.0 Å². The van der Waals surface area contributed by atoms with E-state index in [0.29, 0.717) is 17.1 Å². The van der Waals surface area contributed by atoms with Crippen LogP contribution in [-0.2, 0) is 27.1 Å². The molecule has 32 heavy (non-hydrogen) atoms. The molecule has 0 unspecified atom stereocenters. The zero-order valence-corrected chi connectivity index (χ0v) is 16.9. The third kappa shape index (κ3) is 4.09. The number of para-hydroxylation sites is 1. The number of methoxy groups -OCH3 is 1. The molecule has 4 rings (SSSR count). The zero-order chi connectivity index (χ0) is 22.9. The quantitative estimate of drug-likeness (QED) is 0.617. The van der Waals surface area contributed by atoms with Crippen LogP contribution in [0.3, 0.4) is 0 Å². The minimum absolute atomic E-state index is 0.116. The molecule has 2 amide bonds. The minimum Gasteiger partial charge on any atom is -0.378 e. The number of rotatable bonds is 5. The summed E-state index contributed by atoms with van der Waals surface area (Å²) in [5.41, 5.74) is 0.479. The first-order chi connectivity index (χ1) is 15.3. The van der Waals surface area contributed by atoms with Gasteiger partial charge in [-0.25, -0.2) is 4.68 Å². The van der Waals surface area contributed by atoms with Crippen LogP contribution in [0.5, 0.6) is 0 Å². The SMILES string of the molecule is COCc1nn2c(c1-c1ccccc1)NC(=O)C[C@H]2C(=O)Nc1ccccc1C(F)(F)F. The Bertz CT molecular complexity index is 1160. The highest BCUT2D eigenvalue weighted by Crippen LogP contribution is 2.39. The number of carbonyl (C=O) groups excluding carboxylic acids is 2. The average Bonchev–Trinajstić information content (AvgIpc) is 3.11. The summed E-state index contributed by atoms with van der Waals surface area (Å²) >= 11 is 0. The van der Waals surface area contributed by atoms with Crippen LogP contribution in [0.1, 0.15) is 23.7 Å². The van der Waals surface area contributed by atoms with Crippen molar-refractivity contribution in [3.8, 4) is 11.1 Å². The van der Waals surface area contributed by atoms with E-state index in [-0.39, 0.29) is 18.7 Å². The topological polar surface area (TPSA) is 85.2 Å². The second-order valence-electron chi connectivity index (χ2n) is 7.21. The Morgan fingerprint density at radius 2 is 1.88 bits per heavy atom. The van der Waals surface area contributed by atoms with Gasteiger partial charge in [0.25, 0.3) is 0 Å². The predicted octanol–water partition coefficient (Wildman–Crippen LogP) is 4.24. The Morgan fingerprint density at radius 1 is 1.19 bits per heavy atom. The summed E-state index contributed by atoms with van der Waals surface area (Å²) in [7, 11) is 1.49. The van der Waals surface area contributed by atoms with Gasteiger partial charge < -0.3 is 15.4 Å². The molecule has 2 N–H and O–H groups in total. The molecular weight excluding hydrogens is 425 g/mol. The molecule has 3 aromatic rings. The van der Waals surface area contributed by atoms with Gasteiger partial charge in [0.2, 0.25) is 11.8 Å². The number of amides is 2. The Labute approximate surface area is 181 Å². The first-order valence-corrected chi connectivity index (χ1v) is 9.72. The van der Waals surface area contributed by atoms with E-state index in [9.17, 15) is 22.8 Å². The van der Waals surface area contributed by atoms with E-state index in [1.807, 2.05) is 30.3 Å². The lowest BCUT2D eigenvalue weighted by atomic mass is 10.0. The van der Waals surface area contributed by atoms with Gasteiger partial charge >= 0.3 is 6.18 Å². The van der Waals surface area contributed by atoms with Gasteiger partial charge in [-0.2, -0.15) is 18.3 Å². The molecule has 2 heterocycles. The van der Waals surface area contributed by atoms with Crippen LogP contribution in [0.4, 0.5) is 24.7 Å². The number of nitrogens with zero attached hydrogens (tertiary/aromatic N) is 2. The summed E-state index contributed by atoms with van der Waals surface area (Å²) in [6.07, 6.45) is -4.91. The molecule has 0 radical (unpaired) electrons. The summed E-state index contributed by atoms with van der Waals surface area (Å²) < 4.78 is 46.5. The molecule has 7 nitrogen and oxygen atoms in total. The Balaban J connectivity index is 1.75. The number of ether oxygens (including phenoxy) is 1. The molecule has 0 spiro atoms. The second-order valence-corrected chi connectivity index (χ2v) is 7.21. The number of nitrogens with one attached hydrogen (secondary N) is 2. The van der Waals surface area contributed by atoms with Gasteiger partial charge in [-0.05, 0) is 17.7 Å². The van der Waals surface area contributed by atoms with Crippen LogP contribution in [-0.4, -0.2) is 28.7 Å². The molecule has 1 aliphatic rings. The van der Waals surface area contributed by atoms with E-state index >= 15 is 0 Å². The van der Waals surface area contributed by atoms with E-state index in [2.05, 4.69) is 15.7 Å². The Kier molecular flexibility index (Phi) is 5.70. The van der Waals surface area contributed by atoms with Crippen molar-refractivity contribution in [2.24, 2.45) is 0 Å². The summed E-state index contributed by atoms with van der Waals surface area (Å²) in [5, 5.41) is 9.51. The first kappa shape index (κ1) is 21.6. The van der Waals surface area contributed by atoms with Crippen LogP contribution in [0, 0.1) is 0 Å². The number of benzene rings is 2. The smallest absolute Gasteiger partial charge is 0.378 e. The number of anilines is 2. The maximum atomic E-state index is 13.3. The molecule has 0 saturated heterocycles. The first-order valence-electron chi connectivity index (χ1n) is 9.72. The molecule has 1 aliphatic heterocycles. The van der Waals surface area contributed by atoms with Crippen LogP contribution in [0.2, 0.25) is 0 Å². The zero-order valence-electron chi connectivity index (χ0n) is 16.9. The molecule has 166 valence electrons. The lowest BCUT2D eigenvalue weighted by molar-refractivity contribution is -0.137. The third-order valence-electron chi connectivity index (χ3n) is 5.05. The molecule has 0 saturated carbocycles. The van der Waals surface area contributed by atoms with Gasteiger partial charge in [-0.1, -0.05) is 42.5 Å². The fourth-order valence-electron chi connectivity index (χ4n) is 3.68. The van der Waals surface area contributed by atoms with Crippen molar-refractivity contribution in [1.82, 2.24) is 9.78 Å². The van der Waals surface area contributed by atoms with Gasteiger partial charge in [-0.15, -0.1) is 0 Å². The Morgan fingerprint density at radius 3 is 2.56 bits per heavy atom. The van der Waals surface area contributed by atoms with Crippen LogP contribution >= 0.6 is 0 Å². The van der Waals surface area contributed by atoms with Gasteiger partial charge in [-0.3, -0.25) is 9.59 Å². The van der Waals surface area contributed by atoms with E-state index < -0.39 is 29.6 Å². The highest BCUT2D eigenvalue weighted by Gasteiger charge is 2.37. The Hall–Kier alpha value is -3.66. The van der Waals surface area contributed by atoms with Crippen molar-refractivity contribution in [3.05, 3.63) is 65.9 Å². The number of hydrogen-bond donors (Lipinski definition) is 2. The van der Waals surface area contributed by atoms with Crippen LogP contribution in [0.25, 0.3) is 11.1 Å². The highest BCUT2D eigenvalue weighted by molar-refractivity contribution is 6.03. The number of hydrogen-bond acceptors (Lipinski definition) is 4. The molecule has 0 fully saturated rings. The van der Waals surface area contributed by atoms with Crippen molar-refractivity contribution in [1.29, 1.82) is 0 Å². The fourth-order valence-corrected chi connectivity index (χ4v) is 3.68. The molecule has 0 bridgehead atoms. The lowest BCUT2D eigenvalue weighted by Crippen LogP contribution is -2.36. The van der Waals surface area contributed by atoms with E-state index in [1.54, 1.807) is 0 Å². The molecule has 2 aromatic carbocycles. The van der Waals surface area contributed by atoms with E-state index in [0.717, 1.165) is 11.6 Å². The van der Waals surface area contributed by atoms with Gasteiger partial charge in [0, 0.05) is 12.7 Å². The molecule has 1 atom stereocenters. The number of carbonyl (C=O) groups is 2. The van der Waals surface area contributed by atoms with Gasteiger partial charge in [0.1, 0.15) is 11.9 Å². The van der Waals surface area contributed by atoms with Crippen molar-refractivity contribution in [2.75, 3.05) is 17.7 Å². The number of alkyl halides is 3. The lowest BCUT2D eigenvalue weighted by Gasteiger charge is -2.25. The van der Waals surface area contributed by atoms with Crippen LogP contribution in [0.15, 0.2) is 54.6 Å². The molecule has 1 aromatic heterocycles. The van der Waals surface area contributed by atoms with Crippen molar-refractivity contribution in [3.63, 3.8) is 0 Å². The van der Waals surface area contributed by atoms with Crippen LogP contribution < -0.4 is 10.6 Å².